The number of ether oxygens (including phenoxy) is 1. The van der Waals surface area contributed by atoms with E-state index in [1.165, 1.54) is 24.5 Å². The Bertz CT molecular complexity index is 790. The van der Waals surface area contributed by atoms with E-state index in [1.807, 2.05) is 6.92 Å². The summed E-state index contributed by atoms with van der Waals surface area (Å²) >= 11 is 2.22. The van der Waals surface area contributed by atoms with Crippen LogP contribution in [-0.2, 0) is 9.53 Å². The molecule has 0 spiro atoms. The van der Waals surface area contributed by atoms with Gasteiger partial charge in [0.1, 0.15) is 16.6 Å². The number of esters is 1. The smallest absolute Gasteiger partial charge is 0.341 e. The normalized spacial score (nSPS) is 10.5. The number of benzene rings is 1. The molecule has 4 nitrogen and oxygen atoms in total. The number of anilines is 1. The SMILES string of the molecule is COC(=O)c1c(NC(=O)CSc2ccc(F)cc2F)sc(C)c1C. The van der Waals surface area contributed by atoms with Crippen molar-refractivity contribution >= 4 is 40.0 Å². The van der Waals surface area contributed by atoms with Gasteiger partial charge >= 0.3 is 5.97 Å². The topological polar surface area (TPSA) is 55.4 Å². The van der Waals surface area contributed by atoms with Gasteiger partial charge in [0, 0.05) is 15.8 Å². The molecule has 24 heavy (non-hydrogen) atoms. The first-order valence-corrected chi connectivity index (χ1v) is 8.69. The second-order valence-electron chi connectivity index (χ2n) is 4.89. The number of thioether (sulfide) groups is 1. The van der Waals surface area contributed by atoms with Gasteiger partial charge in [0.2, 0.25) is 5.91 Å². The number of amides is 1. The zero-order valence-corrected chi connectivity index (χ0v) is 14.9. The maximum absolute atomic E-state index is 13.5. The first kappa shape index (κ1) is 18.4. The van der Waals surface area contributed by atoms with Crippen molar-refractivity contribution in [3.05, 3.63) is 45.8 Å². The van der Waals surface area contributed by atoms with Crippen LogP contribution < -0.4 is 5.32 Å². The molecular formula is C16H15F2NO3S2. The maximum atomic E-state index is 13.5. The van der Waals surface area contributed by atoms with Crippen LogP contribution in [0.1, 0.15) is 20.8 Å². The third-order valence-electron chi connectivity index (χ3n) is 3.28. The lowest BCUT2D eigenvalue weighted by Gasteiger charge is -2.06. The minimum atomic E-state index is -0.717. The van der Waals surface area contributed by atoms with Gasteiger partial charge in [-0.25, -0.2) is 13.6 Å². The van der Waals surface area contributed by atoms with E-state index in [0.717, 1.165) is 34.3 Å². The fourth-order valence-corrected chi connectivity index (χ4v) is 3.75. The lowest BCUT2D eigenvalue weighted by Crippen LogP contribution is -2.16. The van der Waals surface area contributed by atoms with Crippen molar-refractivity contribution in [2.45, 2.75) is 18.7 Å². The second-order valence-corrected chi connectivity index (χ2v) is 7.13. The summed E-state index contributed by atoms with van der Waals surface area (Å²) in [6.45, 7) is 3.61. The molecule has 1 N–H and O–H groups in total. The molecule has 128 valence electrons. The van der Waals surface area contributed by atoms with Gasteiger partial charge in [0.25, 0.3) is 0 Å². The molecule has 2 aromatic rings. The van der Waals surface area contributed by atoms with Gasteiger partial charge in [0.05, 0.1) is 18.4 Å². The highest BCUT2D eigenvalue weighted by atomic mass is 32.2. The molecule has 1 amide bonds. The van der Waals surface area contributed by atoms with Crippen molar-refractivity contribution in [1.82, 2.24) is 0 Å². The minimum absolute atomic E-state index is 0.0703. The number of hydrogen-bond acceptors (Lipinski definition) is 5. The maximum Gasteiger partial charge on any atom is 0.341 e. The monoisotopic (exact) mass is 371 g/mol. The number of thiophene rings is 1. The van der Waals surface area contributed by atoms with Crippen LogP contribution in [0.15, 0.2) is 23.1 Å². The summed E-state index contributed by atoms with van der Waals surface area (Å²) < 4.78 is 31.1. The number of aryl methyl sites for hydroxylation is 1. The Morgan fingerprint density at radius 3 is 2.62 bits per heavy atom. The zero-order chi connectivity index (χ0) is 17.9. The van der Waals surface area contributed by atoms with Crippen molar-refractivity contribution in [2.24, 2.45) is 0 Å². The van der Waals surface area contributed by atoms with Crippen LogP contribution in [0.4, 0.5) is 13.8 Å². The molecule has 8 heteroatoms. The fraction of sp³-hybridized carbons (Fsp3) is 0.250. The molecule has 0 saturated carbocycles. The zero-order valence-electron chi connectivity index (χ0n) is 13.2. The molecule has 1 aromatic carbocycles. The lowest BCUT2D eigenvalue weighted by molar-refractivity contribution is -0.113. The van der Waals surface area contributed by atoms with E-state index >= 15 is 0 Å². The first-order chi connectivity index (χ1) is 11.3. The molecule has 1 heterocycles. The van der Waals surface area contributed by atoms with Crippen molar-refractivity contribution in [2.75, 3.05) is 18.2 Å². The summed E-state index contributed by atoms with van der Waals surface area (Å²) in [5.74, 6) is -2.38. The van der Waals surface area contributed by atoms with E-state index in [0.29, 0.717) is 10.6 Å². The van der Waals surface area contributed by atoms with Gasteiger partial charge in [-0.15, -0.1) is 23.1 Å². The van der Waals surface area contributed by atoms with Gasteiger partial charge in [0.15, 0.2) is 0 Å². The second kappa shape index (κ2) is 7.76. The molecule has 0 bridgehead atoms. The van der Waals surface area contributed by atoms with Crippen molar-refractivity contribution < 1.29 is 23.1 Å². The highest BCUT2D eigenvalue weighted by Gasteiger charge is 2.21. The highest BCUT2D eigenvalue weighted by molar-refractivity contribution is 8.00. The van der Waals surface area contributed by atoms with E-state index in [1.54, 1.807) is 6.92 Å². The molecule has 0 saturated heterocycles. The average Bonchev–Trinajstić information content (AvgIpc) is 2.80. The van der Waals surface area contributed by atoms with Crippen molar-refractivity contribution in [1.29, 1.82) is 0 Å². The Kier molecular flexibility index (Phi) is 5.95. The van der Waals surface area contributed by atoms with Crippen molar-refractivity contribution in [3.63, 3.8) is 0 Å². The highest BCUT2D eigenvalue weighted by Crippen LogP contribution is 2.33. The van der Waals surface area contributed by atoms with E-state index in [-0.39, 0.29) is 10.6 Å². The van der Waals surface area contributed by atoms with Gasteiger partial charge in [-0.1, -0.05) is 0 Å². The minimum Gasteiger partial charge on any atom is -0.465 e. The molecular weight excluding hydrogens is 356 g/mol. The molecule has 2 rings (SSSR count). The standard InChI is InChI=1S/C16H15F2NO3S2/c1-8-9(2)24-15(14(8)16(21)22-3)19-13(20)7-23-12-5-4-10(17)6-11(12)18/h4-6H,7H2,1-3H3,(H,19,20). The number of halogens is 2. The van der Waals surface area contributed by atoms with E-state index in [9.17, 15) is 18.4 Å². The van der Waals surface area contributed by atoms with Crippen LogP contribution in [0.2, 0.25) is 0 Å². The number of carbonyl (C=O) groups is 2. The largest absolute Gasteiger partial charge is 0.465 e. The van der Waals surface area contributed by atoms with Crippen LogP contribution in [0.5, 0.6) is 0 Å². The number of carbonyl (C=O) groups excluding carboxylic acids is 2. The number of rotatable bonds is 5. The summed E-state index contributed by atoms with van der Waals surface area (Å²) in [5, 5.41) is 3.05. The summed E-state index contributed by atoms with van der Waals surface area (Å²) in [6, 6.07) is 3.17. The Morgan fingerprint density at radius 1 is 1.29 bits per heavy atom. The Labute approximate surface area is 146 Å². The molecule has 1 aromatic heterocycles. The van der Waals surface area contributed by atoms with Gasteiger partial charge in [-0.3, -0.25) is 4.79 Å². The van der Waals surface area contributed by atoms with Crippen molar-refractivity contribution in [3.8, 4) is 0 Å². The number of nitrogens with one attached hydrogen (secondary N) is 1. The Balaban J connectivity index is 2.07. The molecule has 0 fully saturated rings. The van der Waals surface area contributed by atoms with Crippen LogP contribution >= 0.6 is 23.1 Å². The quantitative estimate of drug-likeness (QED) is 0.633. The molecule has 0 atom stereocenters. The summed E-state index contributed by atoms with van der Waals surface area (Å²) in [7, 11) is 1.27. The third kappa shape index (κ3) is 4.12. The van der Waals surface area contributed by atoms with Crippen LogP contribution in [-0.4, -0.2) is 24.7 Å². The number of methoxy groups -OCH3 is 1. The molecule has 0 radical (unpaired) electrons. The van der Waals surface area contributed by atoms with E-state index < -0.39 is 23.5 Å². The fourth-order valence-electron chi connectivity index (χ4n) is 1.96. The van der Waals surface area contributed by atoms with Gasteiger partial charge in [-0.05, 0) is 31.5 Å². The average molecular weight is 371 g/mol. The molecule has 0 aliphatic heterocycles. The molecule has 0 unspecified atom stereocenters. The first-order valence-electron chi connectivity index (χ1n) is 6.89. The predicted molar refractivity (Wildman–Crippen MR) is 90.8 cm³/mol. The summed E-state index contributed by atoms with van der Waals surface area (Å²) in [5.41, 5.74) is 1.07. The molecule has 0 aliphatic rings. The molecule has 0 aliphatic carbocycles. The van der Waals surface area contributed by atoms with Crippen LogP contribution in [0, 0.1) is 25.5 Å². The third-order valence-corrected chi connectivity index (χ3v) is 5.45. The summed E-state index contributed by atoms with van der Waals surface area (Å²) in [6.07, 6.45) is 0. The van der Waals surface area contributed by atoms with E-state index in [2.05, 4.69) is 5.32 Å². The number of hydrogen-bond donors (Lipinski definition) is 1. The van der Waals surface area contributed by atoms with Gasteiger partial charge < -0.3 is 10.1 Å². The Hall–Kier alpha value is -1.93. The van der Waals surface area contributed by atoms with Gasteiger partial charge in [-0.2, -0.15) is 0 Å². The lowest BCUT2D eigenvalue weighted by atomic mass is 10.1. The van der Waals surface area contributed by atoms with Crippen LogP contribution in [0.3, 0.4) is 0 Å². The van der Waals surface area contributed by atoms with Crippen LogP contribution in [0.25, 0.3) is 0 Å². The predicted octanol–water partition coefficient (Wildman–Crippen LogP) is 4.16. The summed E-state index contributed by atoms with van der Waals surface area (Å²) in [4.78, 5) is 25.0. The Morgan fingerprint density at radius 2 is 2.00 bits per heavy atom. The van der Waals surface area contributed by atoms with E-state index in [4.69, 9.17) is 4.74 Å².